The summed E-state index contributed by atoms with van der Waals surface area (Å²) < 4.78 is 13.3. The predicted molar refractivity (Wildman–Crippen MR) is 61.4 cm³/mol. The van der Waals surface area contributed by atoms with Crippen LogP contribution in [0.1, 0.15) is 29.3 Å². The van der Waals surface area contributed by atoms with Gasteiger partial charge in [0, 0.05) is 6.54 Å². The van der Waals surface area contributed by atoms with E-state index in [9.17, 15) is 9.18 Å². The van der Waals surface area contributed by atoms with Crippen molar-refractivity contribution < 1.29 is 19.4 Å². The van der Waals surface area contributed by atoms with Crippen LogP contribution >= 0.6 is 0 Å². The molecule has 0 spiro atoms. The first kappa shape index (κ1) is 13.6. The third kappa shape index (κ3) is 4.50. The quantitative estimate of drug-likeness (QED) is 0.658. The highest BCUT2D eigenvalue weighted by Gasteiger charge is 2.09. The van der Waals surface area contributed by atoms with E-state index in [0.717, 1.165) is 0 Å². The highest BCUT2D eigenvalue weighted by Crippen LogP contribution is 2.10. The van der Waals surface area contributed by atoms with Crippen molar-refractivity contribution >= 4 is 5.97 Å². The van der Waals surface area contributed by atoms with Gasteiger partial charge >= 0.3 is 5.97 Å². The first-order chi connectivity index (χ1) is 8.00. The fraction of sp³-hybridized carbons (Fsp3) is 0.417. The smallest absolute Gasteiger partial charge is 0.338 e. The molecule has 0 bridgehead atoms. The Kier molecular flexibility index (Phi) is 5.06. The summed E-state index contributed by atoms with van der Waals surface area (Å²) in [5.74, 6) is -2.00. The van der Waals surface area contributed by atoms with Crippen LogP contribution in [-0.4, -0.2) is 28.8 Å². The topological polar surface area (TPSA) is 69.6 Å². The van der Waals surface area contributed by atoms with Crippen LogP contribution in [0, 0.1) is 5.82 Å². The van der Waals surface area contributed by atoms with Gasteiger partial charge < -0.3 is 15.5 Å². The van der Waals surface area contributed by atoms with E-state index in [0.29, 0.717) is 25.1 Å². The molecule has 0 heterocycles. The lowest BCUT2D eigenvalue weighted by atomic mass is 10.1. The number of benzene rings is 1. The highest BCUT2D eigenvalue weighted by atomic mass is 19.1. The van der Waals surface area contributed by atoms with Gasteiger partial charge in [-0.3, -0.25) is 0 Å². The van der Waals surface area contributed by atoms with Crippen molar-refractivity contribution in [1.82, 2.24) is 5.32 Å². The zero-order chi connectivity index (χ0) is 12.8. The molecule has 0 fully saturated rings. The van der Waals surface area contributed by atoms with Crippen molar-refractivity contribution in [2.45, 2.75) is 26.0 Å². The Morgan fingerprint density at radius 2 is 2.24 bits per heavy atom. The molecule has 0 aliphatic rings. The molecule has 0 amide bonds. The van der Waals surface area contributed by atoms with Gasteiger partial charge in [-0.15, -0.1) is 0 Å². The van der Waals surface area contributed by atoms with Gasteiger partial charge in [-0.2, -0.15) is 0 Å². The number of rotatable bonds is 6. The number of aromatic carboxylic acids is 1. The summed E-state index contributed by atoms with van der Waals surface area (Å²) in [5.41, 5.74) is 0.357. The normalized spacial score (nSPS) is 12.4. The van der Waals surface area contributed by atoms with E-state index in [2.05, 4.69) is 5.32 Å². The minimum Gasteiger partial charge on any atom is -0.478 e. The van der Waals surface area contributed by atoms with Gasteiger partial charge in [0.15, 0.2) is 0 Å². The molecule has 17 heavy (non-hydrogen) atoms. The number of hydrogen-bond acceptors (Lipinski definition) is 3. The van der Waals surface area contributed by atoms with Gasteiger partial charge in [0.05, 0.1) is 11.7 Å². The number of carboxylic acids is 1. The van der Waals surface area contributed by atoms with E-state index in [4.69, 9.17) is 10.2 Å². The Balaban J connectivity index is 2.50. The molecule has 5 heteroatoms. The molecule has 94 valence electrons. The van der Waals surface area contributed by atoms with E-state index < -0.39 is 11.8 Å². The van der Waals surface area contributed by atoms with Gasteiger partial charge in [-0.25, -0.2) is 9.18 Å². The number of aliphatic hydroxyl groups excluding tert-OH is 1. The monoisotopic (exact) mass is 241 g/mol. The second-order valence-corrected chi connectivity index (χ2v) is 3.93. The number of nitrogens with one attached hydrogen (secondary N) is 1. The maximum Gasteiger partial charge on any atom is 0.338 e. The van der Waals surface area contributed by atoms with Crippen molar-refractivity contribution in [2.75, 3.05) is 6.54 Å². The fourth-order valence-corrected chi connectivity index (χ4v) is 1.39. The third-order valence-corrected chi connectivity index (χ3v) is 2.33. The van der Waals surface area contributed by atoms with Crippen LogP contribution in [0.4, 0.5) is 4.39 Å². The number of carboxylic acid groups (broad SMARTS) is 1. The molecule has 0 saturated carbocycles. The number of aliphatic hydroxyl groups is 1. The number of hydrogen-bond donors (Lipinski definition) is 3. The first-order valence-electron chi connectivity index (χ1n) is 5.41. The van der Waals surface area contributed by atoms with Crippen molar-refractivity contribution in [2.24, 2.45) is 0 Å². The summed E-state index contributed by atoms with van der Waals surface area (Å²) in [6.45, 7) is 2.77. The molecule has 1 rings (SSSR count). The van der Waals surface area contributed by atoms with Gasteiger partial charge in [0.2, 0.25) is 0 Å². The molecule has 1 aromatic rings. The van der Waals surface area contributed by atoms with Gasteiger partial charge in [0.1, 0.15) is 5.82 Å². The number of halogens is 1. The minimum atomic E-state index is -1.27. The Morgan fingerprint density at radius 1 is 1.53 bits per heavy atom. The molecule has 4 nitrogen and oxygen atoms in total. The third-order valence-electron chi connectivity index (χ3n) is 2.33. The van der Waals surface area contributed by atoms with Crippen LogP contribution in [0.15, 0.2) is 18.2 Å². The number of carbonyl (C=O) groups is 1. The molecule has 1 atom stereocenters. The van der Waals surface area contributed by atoms with Crippen LogP contribution in [-0.2, 0) is 6.54 Å². The Hall–Kier alpha value is -1.46. The van der Waals surface area contributed by atoms with E-state index >= 15 is 0 Å². The zero-order valence-corrected chi connectivity index (χ0v) is 9.61. The standard InChI is InChI=1S/C12H16FNO3/c1-8(15)4-5-14-7-9-2-3-10(12(16)17)11(13)6-9/h2-3,6,8,14-15H,4-5,7H2,1H3,(H,16,17). The lowest BCUT2D eigenvalue weighted by molar-refractivity contribution is 0.0692. The summed E-state index contributed by atoms with van der Waals surface area (Å²) in [4.78, 5) is 10.6. The van der Waals surface area contributed by atoms with Crippen molar-refractivity contribution in [3.63, 3.8) is 0 Å². The average Bonchev–Trinajstić information content (AvgIpc) is 2.23. The summed E-state index contributed by atoms with van der Waals surface area (Å²) in [7, 11) is 0. The SMILES string of the molecule is CC(O)CCNCc1ccc(C(=O)O)c(F)c1. The largest absolute Gasteiger partial charge is 0.478 e. The van der Waals surface area contributed by atoms with Crippen LogP contribution in [0.25, 0.3) is 0 Å². The van der Waals surface area contributed by atoms with E-state index in [1.54, 1.807) is 13.0 Å². The second kappa shape index (κ2) is 6.32. The van der Waals surface area contributed by atoms with E-state index in [1.165, 1.54) is 12.1 Å². The Bertz CT molecular complexity index is 393. The molecule has 0 aliphatic heterocycles. The summed E-state index contributed by atoms with van der Waals surface area (Å²) in [5, 5.41) is 20.7. The van der Waals surface area contributed by atoms with Crippen LogP contribution in [0.5, 0.6) is 0 Å². The molecule has 0 saturated heterocycles. The van der Waals surface area contributed by atoms with Crippen molar-refractivity contribution in [3.05, 3.63) is 35.1 Å². The van der Waals surface area contributed by atoms with Crippen molar-refractivity contribution in [1.29, 1.82) is 0 Å². The fourth-order valence-electron chi connectivity index (χ4n) is 1.39. The van der Waals surface area contributed by atoms with Crippen molar-refractivity contribution in [3.8, 4) is 0 Å². The molecule has 0 aromatic heterocycles. The average molecular weight is 241 g/mol. The van der Waals surface area contributed by atoms with Crippen LogP contribution in [0.3, 0.4) is 0 Å². The summed E-state index contributed by atoms with van der Waals surface area (Å²) in [6, 6.07) is 4.03. The summed E-state index contributed by atoms with van der Waals surface area (Å²) in [6.07, 6.45) is 0.254. The molecular formula is C12H16FNO3. The molecule has 1 unspecified atom stereocenters. The molecular weight excluding hydrogens is 225 g/mol. The lowest BCUT2D eigenvalue weighted by Crippen LogP contribution is -2.18. The first-order valence-corrected chi connectivity index (χ1v) is 5.41. The molecule has 0 aliphatic carbocycles. The van der Waals surface area contributed by atoms with Gasteiger partial charge in [0.25, 0.3) is 0 Å². The molecule has 3 N–H and O–H groups in total. The van der Waals surface area contributed by atoms with Gasteiger partial charge in [-0.05, 0) is 37.6 Å². The lowest BCUT2D eigenvalue weighted by Gasteiger charge is -2.07. The van der Waals surface area contributed by atoms with E-state index in [1.807, 2.05) is 0 Å². The molecule has 0 radical (unpaired) electrons. The van der Waals surface area contributed by atoms with E-state index in [-0.39, 0.29) is 11.7 Å². The second-order valence-electron chi connectivity index (χ2n) is 3.93. The summed E-state index contributed by atoms with van der Waals surface area (Å²) >= 11 is 0. The van der Waals surface area contributed by atoms with Gasteiger partial charge in [-0.1, -0.05) is 6.07 Å². The Labute approximate surface area is 99.1 Å². The van der Waals surface area contributed by atoms with Crippen LogP contribution in [0.2, 0.25) is 0 Å². The predicted octanol–water partition coefficient (Wildman–Crippen LogP) is 1.38. The molecule has 1 aromatic carbocycles. The Morgan fingerprint density at radius 3 is 2.76 bits per heavy atom. The zero-order valence-electron chi connectivity index (χ0n) is 9.61. The maximum absolute atomic E-state index is 13.3. The highest BCUT2D eigenvalue weighted by molar-refractivity contribution is 5.87. The maximum atomic E-state index is 13.3. The minimum absolute atomic E-state index is 0.322. The van der Waals surface area contributed by atoms with Crippen LogP contribution < -0.4 is 5.32 Å².